The quantitative estimate of drug-likeness (QED) is 0.485. The lowest BCUT2D eigenvalue weighted by Crippen LogP contribution is -2.57. The van der Waals surface area contributed by atoms with E-state index in [0.717, 1.165) is 33.4 Å². The normalized spacial score (nSPS) is 32.0. The van der Waals surface area contributed by atoms with Gasteiger partial charge in [-0.15, -0.1) is 0 Å². The molecule has 3 aliphatic heterocycles. The van der Waals surface area contributed by atoms with Crippen LogP contribution in [-0.2, 0) is 14.4 Å². The van der Waals surface area contributed by atoms with Crippen molar-refractivity contribution in [2.45, 2.75) is 42.4 Å². The number of benzene rings is 2. The van der Waals surface area contributed by atoms with Crippen molar-refractivity contribution in [2.75, 3.05) is 4.90 Å². The lowest BCUT2D eigenvalue weighted by molar-refractivity contribution is -0.125. The highest BCUT2D eigenvalue weighted by Crippen LogP contribution is 2.64. The number of hydrogen-bond acceptors (Lipinski definition) is 5. The van der Waals surface area contributed by atoms with Crippen molar-refractivity contribution in [3.05, 3.63) is 70.9 Å². The Morgan fingerprint density at radius 1 is 1.06 bits per heavy atom. The van der Waals surface area contributed by atoms with Crippen LogP contribution in [0.4, 0.5) is 5.69 Å². The fraction of sp³-hybridized carbons (Fsp3) is 0.269. The van der Waals surface area contributed by atoms with Crippen LogP contribution in [0.3, 0.4) is 0 Å². The average molecular weight is 451 g/mol. The van der Waals surface area contributed by atoms with E-state index < -0.39 is 11.4 Å². The molecule has 3 amide bonds. The number of rotatable bonds is 1. The molecule has 5 N–H and O–H groups in total. The number of primary amides is 1. The Bertz CT molecular complexity index is 1570. The highest BCUT2D eigenvalue weighted by molar-refractivity contribution is 6.39. The van der Waals surface area contributed by atoms with Gasteiger partial charge in [0.05, 0.1) is 23.4 Å². The molecule has 0 saturated heterocycles. The topological polar surface area (TPSA) is 123 Å². The molecule has 2 aromatic carbocycles. The van der Waals surface area contributed by atoms with E-state index in [1.165, 1.54) is 0 Å². The van der Waals surface area contributed by atoms with E-state index in [1.807, 2.05) is 42.5 Å². The molecule has 1 saturated carbocycles. The number of aromatic nitrogens is 1. The second kappa shape index (κ2) is 5.59. The number of nitrogens with two attached hydrogens (primary N) is 2. The molecule has 4 heterocycles. The Morgan fingerprint density at radius 3 is 2.65 bits per heavy atom. The van der Waals surface area contributed by atoms with Crippen LogP contribution in [0.2, 0.25) is 0 Å². The van der Waals surface area contributed by atoms with Gasteiger partial charge in [-0.1, -0.05) is 36.4 Å². The number of carbonyl (C=O) groups excluding carboxylic acids is 3. The second-order valence-electron chi connectivity index (χ2n) is 10.1. The van der Waals surface area contributed by atoms with E-state index >= 15 is 0 Å². The maximum atomic E-state index is 13.2. The van der Waals surface area contributed by atoms with Crippen LogP contribution < -0.4 is 21.7 Å². The van der Waals surface area contributed by atoms with E-state index in [0.29, 0.717) is 24.0 Å². The number of nitrogens with zero attached hydrogens (tertiary/aromatic N) is 2. The van der Waals surface area contributed by atoms with Crippen molar-refractivity contribution >= 4 is 39.9 Å². The van der Waals surface area contributed by atoms with Gasteiger partial charge in [-0.3, -0.25) is 19.7 Å². The molecule has 8 rings (SSSR count). The minimum Gasteiger partial charge on any atom is -0.368 e. The molecule has 8 nitrogen and oxygen atoms in total. The van der Waals surface area contributed by atoms with Crippen LogP contribution in [0.25, 0.3) is 16.5 Å². The predicted octanol–water partition coefficient (Wildman–Crippen LogP) is 1.61. The summed E-state index contributed by atoms with van der Waals surface area (Å²) in [5.41, 5.74) is 17.2. The number of hydrogen-bond donors (Lipinski definition) is 3. The van der Waals surface area contributed by atoms with Gasteiger partial charge in [-0.2, -0.15) is 0 Å². The summed E-state index contributed by atoms with van der Waals surface area (Å²) < 4.78 is 2.18. The van der Waals surface area contributed by atoms with Crippen LogP contribution >= 0.6 is 0 Å². The third-order valence-corrected chi connectivity index (χ3v) is 8.75. The van der Waals surface area contributed by atoms with Gasteiger partial charge in [-0.25, -0.2) is 0 Å². The van der Waals surface area contributed by atoms with E-state index in [-0.39, 0.29) is 35.9 Å². The molecule has 3 aromatic rings. The monoisotopic (exact) mass is 451 g/mol. The van der Waals surface area contributed by atoms with Gasteiger partial charge in [0.1, 0.15) is 5.54 Å². The molecule has 168 valence electrons. The molecule has 1 fully saturated rings. The van der Waals surface area contributed by atoms with Crippen LogP contribution in [-0.4, -0.2) is 33.9 Å². The van der Waals surface area contributed by atoms with Gasteiger partial charge in [0, 0.05) is 39.7 Å². The first-order valence-electron chi connectivity index (χ1n) is 11.6. The molecule has 34 heavy (non-hydrogen) atoms. The third-order valence-electron chi connectivity index (χ3n) is 8.75. The van der Waals surface area contributed by atoms with Gasteiger partial charge in [0.2, 0.25) is 5.91 Å². The Hall–Kier alpha value is -3.91. The summed E-state index contributed by atoms with van der Waals surface area (Å²) in [5.74, 6) is -1.47. The summed E-state index contributed by atoms with van der Waals surface area (Å²) in [4.78, 5) is 41.5. The highest BCUT2D eigenvalue weighted by atomic mass is 16.2. The Kier molecular flexibility index (Phi) is 3.04. The summed E-state index contributed by atoms with van der Waals surface area (Å²) in [7, 11) is 0. The van der Waals surface area contributed by atoms with Crippen molar-refractivity contribution in [3.63, 3.8) is 0 Å². The van der Waals surface area contributed by atoms with Gasteiger partial charge in [0.15, 0.2) is 0 Å². The summed E-state index contributed by atoms with van der Waals surface area (Å²) in [6, 6.07) is 15.4. The molecular formula is C26H21N5O3. The van der Waals surface area contributed by atoms with Gasteiger partial charge < -0.3 is 20.9 Å². The summed E-state index contributed by atoms with van der Waals surface area (Å²) in [6.07, 6.45) is 1.09. The van der Waals surface area contributed by atoms with E-state index in [2.05, 4.69) is 20.9 Å². The fourth-order valence-corrected chi connectivity index (χ4v) is 7.57. The third kappa shape index (κ3) is 1.80. The minimum absolute atomic E-state index is 0.0209. The summed E-state index contributed by atoms with van der Waals surface area (Å²) >= 11 is 0. The predicted molar refractivity (Wildman–Crippen MR) is 125 cm³/mol. The number of anilines is 1. The molecule has 4 unspecified atom stereocenters. The first-order valence-corrected chi connectivity index (χ1v) is 11.6. The Morgan fingerprint density at radius 2 is 1.82 bits per heavy atom. The SMILES string of the molecule is NC(=O)[C@]1(N)CC2CC1n1c3c(c4ccccc41)C1=C(C(=O)NC1=O)C1c4ccccc4N2C31. The standard InChI is InChI=1S/C26H21N5O3/c27-25(34)26(28)10-11-9-16(26)31-15-8-4-2-6-13(15)18-20-19(23(32)29-24(20)33)17-12-5-1-3-7-14(12)30(11)21(17)22(18)31/h1-8,11,16-17,21H,9-10,28H2,(H2,27,34)(H,29,32,33)/t11?,16?,17?,21?,26-/m0/s1. The van der Waals surface area contributed by atoms with Crippen molar-refractivity contribution in [3.8, 4) is 0 Å². The zero-order chi connectivity index (χ0) is 23.1. The van der Waals surface area contributed by atoms with E-state index in [1.54, 1.807) is 0 Å². The number of nitrogens with one attached hydrogen (secondary N) is 1. The van der Waals surface area contributed by atoms with Crippen molar-refractivity contribution in [2.24, 2.45) is 11.5 Å². The molecule has 1 aromatic heterocycles. The van der Waals surface area contributed by atoms with Crippen molar-refractivity contribution in [1.82, 2.24) is 9.88 Å². The number of imide groups is 1. The number of amides is 3. The smallest absolute Gasteiger partial charge is 0.259 e. The fourth-order valence-electron chi connectivity index (χ4n) is 7.57. The maximum Gasteiger partial charge on any atom is 0.259 e. The zero-order valence-electron chi connectivity index (χ0n) is 18.1. The lowest BCUT2D eigenvalue weighted by atomic mass is 9.76. The summed E-state index contributed by atoms with van der Waals surface area (Å²) in [6.45, 7) is 0. The molecule has 8 heteroatoms. The molecule has 2 aliphatic carbocycles. The molecule has 0 spiro atoms. The average Bonchev–Trinajstić information content (AvgIpc) is 3.49. The van der Waals surface area contributed by atoms with Crippen LogP contribution in [0, 0.1) is 0 Å². The first kappa shape index (κ1) is 18.5. The first-order chi connectivity index (χ1) is 16.4. The minimum atomic E-state index is -1.22. The van der Waals surface area contributed by atoms with Crippen LogP contribution in [0.1, 0.15) is 47.7 Å². The van der Waals surface area contributed by atoms with Crippen molar-refractivity contribution in [1.29, 1.82) is 0 Å². The number of carbonyl (C=O) groups is 3. The van der Waals surface area contributed by atoms with Gasteiger partial charge in [0.25, 0.3) is 11.8 Å². The van der Waals surface area contributed by atoms with E-state index in [9.17, 15) is 14.4 Å². The van der Waals surface area contributed by atoms with Gasteiger partial charge in [-0.05, 0) is 30.5 Å². The zero-order valence-corrected chi connectivity index (χ0v) is 18.1. The van der Waals surface area contributed by atoms with E-state index in [4.69, 9.17) is 11.5 Å². The Labute approximate surface area is 194 Å². The van der Waals surface area contributed by atoms with Crippen molar-refractivity contribution < 1.29 is 14.4 Å². The highest BCUT2D eigenvalue weighted by Gasteiger charge is 2.62. The molecular weight excluding hydrogens is 430 g/mol. The molecule has 5 aliphatic rings. The number of fused-ring (bicyclic) bond motifs is 12. The molecule has 5 atom stereocenters. The Balaban J connectivity index is 1.59. The largest absolute Gasteiger partial charge is 0.368 e. The second-order valence-corrected chi connectivity index (χ2v) is 10.1. The molecule has 2 bridgehead atoms. The number of para-hydroxylation sites is 2. The van der Waals surface area contributed by atoms with Crippen LogP contribution in [0.5, 0.6) is 0 Å². The lowest BCUT2D eigenvalue weighted by Gasteiger charge is -2.40. The molecule has 0 radical (unpaired) electrons. The van der Waals surface area contributed by atoms with Crippen LogP contribution in [0.15, 0.2) is 54.1 Å². The maximum absolute atomic E-state index is 13.2. The van der Waals surface area contributed by atoms with Gasteiger partial charge >= 0.3 is 0 Å². The summed E-state index contributed by atoms with van der Waals surface area (Å²) in [5, 5.41) is 3.45.